The quantitative estimate of drug-likeness (QED) is 0.324. The molecule has 4 nitrogen and oxygen atoms in total. The van der Waals surface area contributed by atoms with Crippen molar-refractivity contribution < 1.29 is 4.74 Å². The number of halogens is 1. The van der Waals surface area contributed by atoms with Crippen LogP contribution in [0.15, 0.2) is 108 Å². The molecule has 0 aliphatic carbocycles. The zero-order valence-electron chi connectivity index (χ0n) is 17.1. The second-order valence-electron chi connectivity index (χ2n) is 7.37. The fourth-order valence-electron chi connectivity index (χ4n) is 3.59. The van der Waals surface area contributed by atoms with Gasteiger partial charge in [-0.15, -0.1) is 0 Å². The summed E-state index contributed by atoms with van der Waals surface area (Å²) in [6.07, 6.45) is 0. The minimum Gasteiger partial charge on any atom is -0.489 e. The summed E-state index contributed by atoms with van der Waals surface area (Å²) in [7, 11) is 0. The normalized spacial score (nSPS) is 10.9. The molecule has 0 saturated carbocycles. The molecule has 5 rings (SSSR count). The van der Waals surface area contributed by atoms with Crippen molar-refractivity contribution in [1.82, 2.24) is 9.55 Å². The SMILES string of the molecule is O=c1c2ccccc2nc(-c2ccccc2)n1-c1ccc(OCc2ccc(Cl)cc2)cc1. The van der Waals surface area contributed by atoms with Crippen molar-refractivity contribution in [3.63, 3.8) is 0 Å². The number of ether oxygens (including phenoxy) is 1. The number of hydrogen-bond acceptors (Lipinski definition) is 3. The lowest BCUT2D eigenvalue weighted by molar-refractivity contribution is 0.306. The second-order valence-corrected chi connectivity index (χ2v) is 7.80. The topological polar surface area (TPSA) is 44.1 Å². The van der Waals surface area contributed by atoms with Crippen LogP contribution in [0.5, 0.6) is 5.75 Å². The highest BCUT2D eigenvalue weighted by Gasteiger charge is 2.14. The molecule has 1 aromatic heterocycles. The molecule has 0 aliphatic rings. The molecule has 0 bridgehead atoms. The lowest BCUT2D eigenvalue weighted by atomic mass is 10.1. The Morgan fingerprint density at radius 3 is 2.22 bits per heavy atom. The van der Waals surface area contributed by atoms with Gasteiger partial charge in [0.1, 0.15) is 18.2 Å². The van der Waals surface area contributed by atoms with Gasteiger partial charge in [0.15, 0.2) is 0 Å². The maximum atomic E-state index is 13.4. The fraction of sp³-hybridized carbons (Fsp3) is 0.0370. The van der Waals surface area contributed by atoms with E-state index < -0.39 is 0 Å². The van der Waals surface area contributed by atoms with E-state index >= 15 is 0 Å². The molecule has 32 heavy (non-hydrogen) atoms. The molecule has 4 aromatic carbocycles. The first-order chi connectivity index (χ1) is 15.7. The van der Waals surface area contributed by atoms with E-state index in [9.17, 15) is 4.79 Å². The van der Waals surface area contributed by atoms with Gasteiger partial charge in [-0.2, -0.15) is 0 Å². The highest BCUT2D eigenvalue weighted by molar-refractivity contribution is 6.30. The molecular formula is C27H19ClN2O2. The van der Waals surface area contributed by atoms with Crippen LogP contribution in [0, 0.1) is 0 Å². The smallest absolute Gasteiger partial charge is 0.266 e. The molecule has 0 unspecified atom stereocenters. The molecule has 0 N–H and O–H groups in total. The Bertz CT molecular complexity index is 1430. The van der Waals surface area contributed by atoms with Crippen molar-refractivity contribution in [3.05, 3.63) is 124 Å². The van der Waals surface area contributed by atoms with Crippen LogP contribution in [0.2, 0.25) is 5.02 Å². The number of fused-ring (bicyclic) bond motifs is 1. The number of benzene rings is 4. The molecule has 5 aromatic rings. The molecule has 5 heteroatoms. The number of rotatable bonds is 5. The van der Waals surface area contributed by atoms with Gasteiger partial charge in [0, 0.05) is 10.6 Å². The van der Waals surface area contributed by atoms with E-state index in [0.29, 0.717) is 34.1 Å². The van der Waals surface area contributed by atoms with Gasteiger partial charge in [0.2, 0.25) is 0 Å². The Labute approximate surface area is 190 Å². The van der Waals surface area contributed by atoms with Gasteiger partial charge in [-0.05, 0) is 54.1 Å². The predicted molar refractivity (Wildman–Crippen MR) is 129 cm³/mol. The van der Waals surface area contributed by atoms with E-state index in [1.165, 1.54) is 0 Å². The molecule has 0 aliphatic heterocycles. The number of aromatic nitrogens is 2. The van der Waals surface area contributed by atoms with Gasteiger partial charge in [0.25, 0.3) is 5.56 Å². The maximum Gasteiger partial charge on any atom is 0.266 e. The Kier molecular flexibility index (Phi) is 5.44. The van der Waals surface area contributed by atoms with Crippen molar-refractivity contribution in [2.75, 3.05) is 0 Å². The average molecular weight is 439 g/mol. The molecule has 0 amide bonds. The molecule has 0 atom stereocenters. The summed E-state index contributed by atoms with van der Waals surface area (Å²) < 4.78 is 7.55. The monoisotopic (exact) mass is 438 g/mol. The van der Waals surface area contributed by atoms with Gasteiger partial charge < -0.3 is 4.74 Å². The van der Waals surface area contributed by atoms with Crippen LogP contribution in [0.4, 0.5) is 0 Å². The van der Waals surface area contributed by atoms with E-state index in [0.717, 1.165) is 16.8 Å². The lowest BCUT2D eigenvalue weighted by Crippen LogP contribution is -2.21. The summed E-state index contributed by atoms with van der Waals surface area (Å²) in [5, 5.41) is 1.28. The van der Waals surface area contributed by atoms with Crippen LogP contribution in [0.1, 0.15) is 5.56 Å². The van der Waals surface area contributed by atoms with Crippen LogP contribution >= 0.6 is 11.6 Å². The second kappa shape index (κ2) is 8.69. The largest absolute Gasteiger partial charge is 0.489 e. The summed E-state index contributed by atoms with van der Waals surface area (Å²) >= 11 is 5.94. The third-order valence-corrected chi connectivity index (χ3v) is 5.47. The van der Waals surface area contributed by atoms with E-state index in [4.69, 9.17) is 21.3 Å². The van der Waals surface area contributed by atoms with E-state index in [1.54, 1.807) is 10.6 Å². The van der Waals surface area contributed by atoms with Gasteiger partial charge in [-0.25, -0.2) is 4.98 Å². The van der Waals surface area contributed by atoms with Crippen molar-refractivity contribution >= 4 is 22.5 Å². The summed E-state index contributed by atoms with van der Waals surface area (Å²) in [5.41, 5.74) is 3.20. The minimum atomic E-state index is -0.107. The first kappa shape index (κ1) is 20.0. The molecule has 0 radical (unpaired) electrons. The third-order valence-electron chi connectivity index (χ3n) is 5.22. The molecular weight excluding hydrogens is 420 g/mol. The molecule has 0 saturated heterocycles. The van der Waals surface area contributed by atoms with Crippen LogP contribution < -0.4 is 10.3 Å². The molecule has 156 valence electrons. The first-order valence-electron chi connectivity index (χ1n) is 10.2. The highest BCUT2D eigenvalue weighted by Crippen LogP contribution is 2.24. The number of hydrogen-bond donors (Lipinski definition) is 0. The summed E-state index contributed by atoms with van der Waals surface area (Å²) in [6, 6.07) is 32.2. The molecule has 0 fully saturated rings. The highest BCUT2D eigenvalue weighted by atomic mass is 35.5. The Morgan fingerprint density at radius 1 is 0.781 bits per heavy atom. The molecule has 0 spiro atoms. The van der Waals surface area contributed by atoms with Gasteiger partial charge in [-0.1, -0.05) is 66.2 Å². The Morgan fingerprint density at radius 2 is 1.47 bits per heavy atom. The minimum absolute atomic E-state index is 0.107. The van der Waals surface area contributed by atoms with Crippen LogP contribution in [-0.4, -0.2) is 9.55 Å². The average Bonchev–Trinajstić information content (AvgIpc) is 2.85. The Hall–Kier alpha value is -3.89. The standard InChI is InChI=1S/C27H19ClN2O2/c28-21-12-10-19(11-13-21)18-32-23-16-14-22(15-17-23)30-26(20-6-2-1-3-7-20)29-25-9-5-4-8-24(25)27(30)31/h1-17H,18H2. The van der Waals surface area contributed by atoms with Crippen LogP contribution in [0.25, 0.3) is 28.0 Å². The van der Waals surface area contributed by atoms with E-state index in [2.05, 4.69) is 0 Å². The number of para-hydroxylation sites is 1. The summed E-state index contributed by atoms with van der Waals surface area (Å²) in [5.74, 6) is 1.32. The fourth-order valence-corrected chi connectivity index (χ4v) is 3.72. The first-order valence-corrected chi connectivity index (χ1v) is 10.6. The maximum absolute atomic E-state index is 13.4. The van der Waals surface area contributed by atoms with Crippen molar-refractivity contribution in [1.29, 1.82) is 0 Å². The summed E-state index contributed by atoms with van der Waals surface area (Å²) in [6.45, 7) is 0.434. The lowest BCUT2D eigenvalue weighted by Gasteiger charge is -2.14. The summed E-state index contributed by atoms with van der Waals surface area (Å²) in [4.78, 5) is 18.2. The number of nitrogens with zero attached hydrogens (tertiary/aromatic N) is 2. The third kappa shape index (κ3) is 4.01. The van der Waals surface area contributed by atoms with E-state index in [1.807, 2.05) is 97.1 Å². The van der Waals surface area contributed by atoms with Gasteiger partial charge >= 0.3 is 0 Å². The zero-order chi connectivity index (χ0) is 21.9. The van der Waals surface area contributed by atoms with Gasteiger partial charge in [-0.3, -0.25) is 9.36 Å². The predicted octanol–water partition coefficient (Wildman–Crippen LogP) is 6.29. The van der Waals surface area contributed by atoms with Crippen LogP contribution in [-0.2, 0) is 6.61 Å². The molecule has 1 heterocycles. The van der Waals surface area contributed by atoms with Crippen molar-refractivity contribution in [2.24, 2.45) is 0 Å². The van der Waals surface area contributed by atoms with Crippen molar-refractivity contribution in [2.45, 2.75) is 6.61 Å². The van der Waals surface area contributed by atoms with E-state index in [-0.39, 0.29) is 5.56 Å². The Balaban J connectivity index is 1.53. The van der Waals surface area contributed by atoms with Gasteiger partial charge in [0.05, 0.1) is 16.6 Å². The van der Waals surface area contributed by atoms with Crippen molar-refractivity contribution in [3.8, 4) is 22.8 Å². The zero-order valence-corrected chi connectivity index (χ0v) is 17.9. The van der Waals surface area contributed by atoms with Crippen LogP contribution in [0.3, 0.4) is 0 Å².